The molecule has 0 saturated carbocycles. The van der Waals surface area contributed by atoms with Gasteiger partial charge in [-0.2, -0.15) is 0 Å². The number of likely N-dealkylation sites (N-methyl/N-ethyl adjacent to an activating group) is 1. The zero-order valence-electron chi connectivity index (χ0n) is 9.60. The van der Waals surface area contributed by atoms with Crippen molar-refractivity contribution in [3.8, 4) is 0 Å². The minimum absolute atomic E-state index is 0.220. The number of nitrogens with zero attached hydrogens (tertiary/aromatic N) is 2. The van der Waals surface area contributed by atoms with Gasteiger partial charge in [0.25, 0.3) is 0 Å². The Morgan fingerprint density at radius 1 is 1.18 bits per heavy atom. The van der Waals surface area contributed by atoms with Crippen molar-refractivity contribution in [2.45, 2.75) is 12.5 Å². The van der Waals surface area contributed by atoms with Crippen LogP contribution < -0.4 is 5.32 Å². The summed E-state index contributed by atoms with van der Waals surface area (Å²) in [4.78, 5) is 8.42. The zero-order valence-corrected chi connectivity index (χ0v) is 10.4. The van der Waals surface area contributed by atoms with Crippen LogP contribution in [0.4, 0.5) is 0 Å². The number of benzene rings is 1. The molecule has 1 heterocycles. The molecule has 0 spiro atoms. The first-order valence-electron chi connectivity index (χ1n) is 5.48. The third kappa shape index (κ3) is 3.25. The summed E-state index contributed by atoms with van der Waals surface area (Å²) in [5.41, 5.74) is 1.23. The van der Waals surface area contributed by atoms with Crippen molar-refractivity contribution in [1.29, 1.82) is 0 Å². The van der Waals surface area contributed by atoms with Gasteiger partial charge < -0.3 is 5.32 Å². The molecule has 0 bridgehead atoms. The molecule has 1 unspecified atom stereocenters. The summed E-state index contributed by atoms with van der Waals surface area (Å²) in [6.07, 6.45) is 4.00. The van der Waals surface area contributed by atoms with Crippen LogP contribution in [0.15, 0.2) is 42.7 Å². The Morgan fingerprint density at radius 3 is 2.41 bits per heavy atom. The third-order valence-electron chi connectivity index (χ3n) is 2.61. The van der Waals surface area contributed by atoms with Crippen LogP contribution >= 0.6 is 11.6 Å². The summed E-state index contributed by atoms with van der Waals surface area (Å²) in [6.45, 7) is 0. The van der Waals surface area contributed by atoms with E-state index in [9.17, 15) is 0 Å². The Bertz CT molecular complexity index is 456. The quantitative estimate of drug-likeness (QED) is 0.903. The van der Waals surface area contributed by atoms with Crippen molar-refractivity contribution in [1.82, 2.24) is 15.3 Å². The molecule has 1 aromatic heterocycles. The van der Waals surface area contributed by atoms with Gasteiger partial charge in [0.2, 0.25) is 0 Å². The Balaban J connectivity index is 2.13. The molecule has 0 fully saturated rings. The maximum absolute atomic E-state index is 5.76. The van der Waals surface area contributed by atoms with E-state index in [-0.39, 0.29) is 6.04 Å². The molecule has 0 aliphatic rings. The maximum Gasteiger partial charge on any atom is 0.130 e. The highest BCUT2D eigenvalue weighted by atomic mass is 35.5. The molecular weight excluding hydrogens is 234 g/mol. The van der Waals surface area contributed by atoms with Crippen molar-refractivity contribution in [2.75, 3.05) is 7.05 Å². The van der Waals surface area contributed by atoms with Crippen LogP contribution in [0.1, 0.15) is 17.4 Å². The lowest BCUT2D eigenvalue weighted by molar-refractivity contribution is 0.575. The Morgan fingerprint density at radius 2 is 1.82 bits per heavy atom. The van der Waals surface area contributed by atoms with E-state index >= 15 is 0 Å². The van der Waals surface area contributed by atoms with E-state index in [2.05, 4.69) is 27.4 Å². The monoisotopic (exact) mass is 247 g/mol. The number of nitrogens with one attached hydrogen (secondary N) is 1. The number of halogens is 1. The number of hydrogen-bond acceptors (Lipinski definition) is 3. The van der Waals surface area contributed by atoms with Gasteiger partial charge in [0, 0.05) is 24.9 Å². The second-order valence-electron chi connectivity index (χ2n) is 3.77. The van der Waals surface area contributed by atoms with Crippen LogP contribution in [0.3, 0.4) is 0 Å². The fourth-order valence-electron chi connectivity index (χ4n) is 1.70. The predicted molar refractivity (Wildman–Crippen MR) is 69.0 cm³/mol. The van der Waals surface area contributed by atoms with Crippen LogP contribution in [0.25, 0.3) is 0 Å². The van der Waals surface area contributed by atoms with E-state index in [0.717, 1.165) is 12.2 Å². The Kier molecular flexibility index (Phi) is 4.07. The first-order chi connectivity index (χ1) is 8.29. The molecule has 1 aromatic carbocycles. The average molecular weight is 248 g/mol. The topological polar surface area (TPSA) is 37.8 Å². The fourth-order valence-corrected chi connectivity index (χ4v) is 1.80. The highest BCUT2D eigenvalue weighted by molar-refractivity contribution is 6.30. The SMILES string of the molecule is CNC(Cc1ncc(Cl)cn1)c1ccccc1. The summed E-state index contributed by atoms with van der Waals surface area (Å²) < 4.78 is 0. The van der Waals surface area contributed by atoms with Crippen LogP contribution in [-0.4, -0.2) is 17.0 Å². The third-order valence-corrected chi connectivity index (χ3v) is 2.81. The van der Waals surface area contributed by atoms with Gasteiger partial charge in [0.1, 0.15) is 5.82 Å². The molecule has 0 aliphatic carbocycles. The molecular formula is C13H14ClN3. The average Bonchev–Trinajstić information content (AvgIpc) is 2.39. The van der Waals surface area contributed by atoms with Gasteiger partial charge in [-0.25, -0.2) is 9.97 Å². The van der Waals surface area contributed by atoms with E-state index < -0.39 is 0 Å². The van der Waals surface area contributed by atoms with Gasteiger partial charge in [-0.1, -0.05) is 41.9 Å². The van der Waals surface area contributed by atoms with Crippen LogP contribution in [0.2, 0.25) is 5.02 Å². The summed E-state index contributed by atoms with van der Waals surface area (Å²) >= 11 is 5.76. The van der Waals surface area contributed by atoms with E-state index in [4.69, 9.17) is 11.6 Å². The fraction of sp³-hybridized carbons (Fsp3) is 0.231. The van der Waals surface area contributed by atoms with E-state index in [1.807, 2.05) is 25.2 Å². The second-order valence-corrected chi connectivity index (χ2v) is 4.21. The molecule has 17 heavy (non-hydrogen) atoms. The molecule has 0 saturated heterocycles. The van der Waals surface area contributed by atoms with Crippen molar-refractivity contribution in [3.63, 3.8) is 0 Å². The molecule has 2 aromatic rings. The maximum atomic E-state index is 5.76. The molecule has 0 amide bonds. The van der Waals surface area contributed by atoms with Gasteiger partial charge in [-0.05, 0) is 12.6 Å². The van der Waals surface area contributed by atoms with E-state index in [1.165, 1.54) is 5.56 Å². The minimum atomic E-state index is 0.220. The van der Waals surface area contributed by atoms with Crippen molar-refractivity contribution >= 4 is 11.6 Å². The molecule has 0 aliphatic heterocycles. The Hall–Kier alpha value is -1.45. The molecule has 88 valence electrons. The minimum Gasteiger partial charge on any atom is -0.313 e. The van der Waals surface area contributed by atoms with Gasteiger partial charge in [0.15, 0.2) is 0 Å². The summed E-state index contributed by atoms with van der Waals surface area (Å²) in [6, 6.07) is 10.5. The van der Waals surface area contributed by atoms with Gasteiger partial charge in [-0.3, -0.25) is 0 Å². The summed E-state index contributed by atoms with van der Waals surface area (Å²) in [7, 11) is 1.94. The highest BCUT2D eigenvalue weighted by Gasteiger charge is 2.11. The number of aromatic nitrogens is 2. The number of rotatable bonds is 4. The largest absolute Gasteiger partial charge is 0.313 e. The first-order valence-corrected chi connectivity index (χ1v) is 5.86. The lowest BCUT2D eigenvalue weighted by Crippen LogP contribution is -2.19. The first kappa shape index (κ1) is 12.0. The van der Waals surface area contributed by atoms with Crippen LogP contribution in [0.5, 0.6) is 0 Å². The van der Waals surface area contributed by atoms with Gasteiger partial charge in [0.05, 0.1) is 5.02 Å². The lowest BCUT2D eigenvalue weighted by Gasteiger charge is -2.15. The van der Waals surface area contributed by atoms with E-state index in [0.29, 0.717) is 5.02 Å². The van der Waals surface area contributed by atoms with Gasteiger partial charge >= 0.3 is 0 Å². The molecule has 0 radical (unpaired) electrons. The van der Waals surface area contributed by atoms with Crippen molar-refractivity contribution in [2.24, 2.45) is 0 Å². The van der Waals surface area contributed by atoms with Crippen LogP contribution in [-0.2, 0) is 6.42 Å². The van der Waals surface area contributed by atoms with Crippen molar-refractivity contribution in [3.05, 3.63) is 59.1 Å². The zero-order chi connectivity index (χ0) is 12.1. The van der Waals surface area contributed by atoms with E-state index in [1.54, 1.807) is 12.4 Å². The highest BCUT2D eigenvalue weighted by Crippen LogP contribution is 2.16. The van der Waals surface area contributed by atoms with Crippen LogP contribution in [0, 0.1) is 0 Å². The molecule has 2 rings (SSSR count). The molecule has 3 nitrogen and oxygen atoms in total. The van der Waals surface area contributed by atoms with Gasteiger partial charge in [-0.15, -0.1) is 0 Å². The standard InChI is InChI=1S/C13H14ClN3/c1-15-12(10-5-3-2-4-6-10)7-13-16-8-11(14)9-17-13/h2-6,8-9,12,15H,7H2,1H3. The number of hydrogen-bond donors (Lipinski definition) is 1. The van der Waals surface area contributed by atoms with Crippen molar-refractivity contribution < 1.29 is 0 Å². The molecule has 4 heteroatoms. The lowest BCUT2D eigenvalue weighted by atomic mass is 10.0. The summed E-state index contributed by atoms with van der Waals surface area (Å²) in [5, 5.41) is 3.83. The Labute approximate surface area is 106 Å². The normalized spacial score (nSPS) is 12.4. The molecule has 1 atom stereocenters. The predicted octanol–water partition coefficient (Wildman–Crippen LogP) is 2.63. The summed E-state index contributed by atoms with van der Waals surface area (Å²) in [5.74, 6) is 0.789. The smallest absolute Gasteiger partial charge is 0.130 e. The second kappa shape index (κ2) is 5.75. The molecule has 1 N–H and O–H groups in total.